The molecule has 2 heterocycles. The van der Waals surface area contributed by atoms with Crippen molar-refractivity contribution in [2.45, 2.75) is 50.4 Å². The maximum atomic E-state index is 10.6. The fraction of sp³-hybridized carbons (Fsp3) is 0.750. The normalized spacial score (nSPS) is 21.6. The van der Waals surface area contributed by atoms with Gasteiger partial charge in [-0.15, -0.1) is 0 Å². The first-order valence-electron chi connectivity index (χ1n) is 8.28. The standard InChI is InChI=1S/C14H23N3O.C2HF3O2/c1-16-14-9-17(12-5-3-4-6-12)8-11(10-18-2)13(14)7-15-16;3-2(4,5)1(6)7/h7,11-12H,3-6,8-10H2,1-2H3;(H,6,7). The predicted octanol–water partition coefficient (Wildman–Crippen LogP) is 2.54. The highest BCUT2D eigenvalue weighted by Crippen LogP contribution is 2.33. The number of halogens is 3. The third-order valence-electron chi connectivity index (χ3n) is 4.79. The minimum absolute atomic E-state index is 0.494. The summed E-state index contributed by atoms with van der Waals surface area (Å²) in [5.41, 5.74) is 2.78. The third kappa shape index (κ3) is 4.94. The van der Waals surface area contributed by atoms with Crippen LogP contribution >= 0.6 is 0 Å². The van der Waals surface area contributed by atoms with Crippen LogP contribution in [0.2, 0.25) is 0 Å². The molecule has 1 aliphatic carbocycles. The number of carboxylic acid groups (broad SMARTS) is 1. The molecule has 0 radical (unpaired) electrons. The van der Waals surface area contributed by atoms with Crippen LogP contribution in [0.5, 0.6) is 0 Å². The number of ether oxygens (including phenoxy) is 1. The van der Waals surface area contributed by atoms with Crippen molar-refractivity contribution in [3.05, 3.63) is 17.5 Å². The van der Waals surface area contributed by atoms with Crippen molar-refractivity contribution >= 4 is 5.97 Å². The number of methoxy groups -OCH3 is 1. The molecule has 1 aliphatic heterocycles. The second kappa shape index (κ2) is 8.18. The van der Waals surface area contributed by atoms with E-state index in [1.54, 1.807) is 7.11 Å². The van der Waals surface area contributed by atoms with Gasteiger partial charge in [-0.05, 0) is 12.8 Å². The summed E-state index contributed by atoms with van der Waals surface area (Å²) in [7, 11) is 3.85. The molecule has 1 N–H and O–H groups in total. The van der Waals surface area contributed by atoms with E-state index in [4.69, 9.17) is 14.6 Å². The number of aliphatic carboxylic acids is 1. The van der Waals surface area contributed by atoms with E-state index in [-0.39, 0.29) is 0 Å². The topological polar surface area (TPSA) is 67.6 Å². The Morgan fingerprint density at radius 2 is 2.00 bits per heavy atom. The number of carboxylic acids is 1. The zero-order valence-corrected chi connectivity index (χ0v) is 14.4. The van der Waals surface area contributed by atoms with Gasteiger partial charge >= 0.3 is 12.1 Å². The monoisotopic (exact) mass is 363 g/mol. The van der Waals surface area contributed by atoms with Crippen molar-refractivity contribution in [1.29, 1.82) is 0 Å². The first-order chi connectivity index (χ1) is 11.7. The second-order valence-electron chi connectivity index (χ2n) is 6.49. The summed E-state index contributed by atoms with van der Waals surface area (Å²) in [5, 5.41) is 11.6. The molecule has 0 spiro atoms. The Kier molecular flexibility index (Phi) is 6.45. The minimum Gasteiger partial charge on any atom is -0.475 e. The van der Waals surface area contributed by atoms with Crippen LogP contribution in [0.25, 0.3) is 0 Å². The van der Waals surface area contributed by atoms with Crippen LogP contribution in [-0.4, -0.2) is 58.2 Å². The fourth-order valence-electron chi connectivity index (χ4n) is 3.54. The Balaban J connectivity index is 0.000000277. The van der Waals surface area contributed by atoms with Gasteiger partial charge in [-0.2, -0.15) is 18.3 Å². The van der Waals surface area contributed by atoms with Crippen LogP contribution in [0.15, 0.2) is 6.20 Å². The van der Waals surface area contributed by atoms with E-state index in [1.807, 2.05) is 10.9 Å². The van der Waals surface area contributed by atoms with Gasteiger partial charge in [0.1, 0.15) is 0 Å². The highest BCUT2D eigenvalue weighted by atomic mass is 19.4. The maximum Gasteiger partial charge on any atom is 0.490 e. The smallest absolute Gasteiger partial charge is 0.475 e. The zero-order chi connectivity index (χ0) is 18.6. The minimum atomic E-state index is -5.08. The number of hydrogen-bond acceptors (Lipinski definition) is 4. The first kappa shape index (κ1) is 19.7. The van der Waals surface area contributed by atoms with E-state index in [0.717, 1.165) is 25.7 Å². The SMILES string of the molecule is COCC1CN(C2CCCC2)Cc2c1cnn2C.O=C(O)C(F)(F)F. The van der Waals surface area contributed by atoms with E-state index in [9.17, 15) is 13.2 Å². The highest BCUT2D eigenvalue weighted by molar-refractivity contribution is 5.73. The number of nitrogens with zero attached hydrogens (tertiary/aromatic N) is 3. The largest absolute Gasteiger partial charge is 0.490 e. The van der Waals surface area contributed by atoms with E-state index in [2.05, 4.69) is 17.0 Å². The molecule has 3 rings (SSSR count). The molecule has 1 aromatic heterocycles. The van der Waals surface area contributed by atoms with Gasteiger partial charge in [0.2, 0.25) is 0 Å². The molecule has 0 amide bonds. The lowest BCUT2D eigenvalue weighted by Gasteiger charge is -2.36. The lowest BCUT2D eigenvalue weighted by molar-refractivity contribution is -0.192. The first-order valence-corrected chi connectivity index (χ1v) is 8.28. The highest BCUT2D eigenvalue weighted by Gasteiger charge is 2.38. The van der Waals surface area contributed by atoms with Gasteiger partial charge in [0.15, 0.2) is 0 Å². The predicted molar refractivity (Wildman–Crippen MR) is 84.2 cm³/mol. The summed E-state index contributed by atoms with van der Waals surface area (Å²) in [6.45, 7) is 3.01. The molecule has 25 heavy (non-hydrogen) atoms. The van der Waals surface area contributed by atoms with Gasteiger partial charge in [-0.25, -0.2) is 4.79 Å². The number of carbonyl (C=O) groups is 1. The van der Waals surface area contributed by atoms with Crippen LogP contribution in [0.3, 0.4) is 0 Å². The molecule has 2 aliphatic rings. The van der Waals surface area contributed by atoms with E-state index < -0.39 is 12.1 Å². The Hall–Kier alpha value is -1.61. The Bertz CT molecular complexity index is 583. The fourth-order valence-corrected chi connectivity index (χ4v) is 3.54. The summed E-state index contributed by atoms with van der Waals surface area (Å²) < 4.78 is 39.2. The number of aryl methyl sites for hydroxylation is 1. The van der Waals surface area contributed by atoms with Gasteiger partial charge in [-0.1, -0.05) is 12.8 Å². The summed E-state index contributed by atoms with van der Waals surface area (Å²) in [6.07, 6.45) is 2.48. The van der Waals surface area contributed by atoms with Crippen LogP contribution < -0.4 is 0 Å². The number of alkyl halides is 3. The number of fused-ring (bicyclic) bond motifs is 1. The Morgan fingerprint density at radius 3 is 2.52 bits per heavy atom. The van der Waals surface area contributed by atoms with Crippen LogP contribution in [0, 0.1) is 0 Å². The van der Waals surface area contributed by atoms with Gasteiger partial charge in [0.05, 0.1) is 18.5 Å². The van der Waals surface area contributed by atoms with Crippen LogP contribution in [-0.2, 0) is 23.1 Å². The summed E-state index contributed by atoms with van der Waals surface area (Å²) in [6, 6.07) is 0.785. The van der Waals surface area contributed by atoms with Gasteiger partial charge in [-0.3, -0.25) is 9.58 Å². The molecule has 6 nitrogen and oxygen atoms in total. The maximum absolute atomic E-state index is 10.6. The molecular weight excluding hydrogens is 339 g/mol. The zero-order valence-electron chi connectivity index (χ0n) is 14.4. The second-order valence-corrected chi connectivity index (χ2v) is 6.49. The van der Waals surface area contributed by atoms with Crippen molar-refractivity contribution in [2.24, 2.45) is 7.05 Å². The molecule has 0 aromatic carbocycles. The average Bonchev–Trinajstić information content (AvgIpc) is 3.18. The number of aromatic nitrogens is 2. The molecule has 1 aromatic rings. The van der Waals surface area contributed by atoms with Gasteiger partial charge < -0.3 is 9.84 Å². The van der Waals surface area contributed by atoms with Gasteiger partial charge in [0.25, 0.3) is 0 Å². The summed E-state index contributed by atoms with van der Waals surface area (Å²) in [4.78, 5) is 11.5. The summed E-state index contributed by atoms with van der Waals surface area (Å²) >= 11 is 0. The lowest BCUT2D eigenvalue weighted by atomic mass is 9.94. The third-order valence-corrected chi connectivity index (χ3v) is 4.79. The molecule has 9 heteroatoms. The van der Waals surface area contributed by atoms with E-state index >= 15 is 0 Å². The van der Waals surface area contributed by atoms with Crippen LogP contribution in [0.4, 0.5) is 13.2 Å². The van der Waals surface area contributed by atoms with Crippen LogP contribution in [0.1, 0.15) is 42.9 Å². The molecule has 0 bridgehead atoms. The molecule has 1 fully saturated rings. The van der Waals surface area contributed by atoms with Crippen molar-refractivity contribution in [3.63, 3.8) is 0 Å². The van der Waals surface area contributed by atoms with Crippen molar-refractivity contribution in [2.75, 3.05) is 20.3 Å². The average molecular weight is 363 g/mol. The molecule has 142 valence electrons. The molecule has 1 saturated carbocycles. The Labute approximate surface area is 144 Å². The quantitative estimate of drug-likeness (QED) is 0.894. The Morgan fingerprint density at radius 1 is 1.40 bits per heavy atom. The van der Waals surface area contributed by atoms with Crippen molar-refractivity contribution in [1.82, 2.24) is 14.7 Å². The number of hydrogen-bond donors (Lipinski definition) is 1. The number of rotatable bonds is 3. The van der Waals surface area contributed by atoms with Crippen molar-refractivity contribution < 1.29 is 27.8 Å². The lowest BCUT2D eigenvalue weighted by Crippen LogP contribution is -2.41. The van der Waals surface area contributed by atoms with E-state index in [0.29, 0.717) is 5.92 Å². The molecule has 0 saturated heterocycles. The molecule has 1 atom stereocenters. The van der Waals surface area contributed by atoms with Gasteiger partial charge in [0, 0.05) is 44.8 Å². The summed E-state index contributed by atoms with van der Waals surface area (Å²) in [5.74, 6) is -2.26. The molecule has 1 unspecified atom stereocenters. The molecular formula is C16H24F3N3O3. The van der Waals surface area contributed by atoms with Crippen molar-refractivity contribution in [3.8, 4) is 0 Å². The van der Waals surface area contributed by atoms with E-state index in [1.165, 1.54) is 36.9 Å².